The summed E-state index contributed by atoms with van der Waals surface area (Å²) in [5.41, 5.74) is 4.71. The van der Waals surface area contributed by atoms with E-state index in [0.717, 1.165) is 16.9 Å². The van der Waals surface area contributed by atoms with E-state index in [-0.39, 0.29) is 0 Å². The molecule has 0 bridgehead atoms. The highest BCUT2D eigenvalue weighted by Gasteiger charge is 2.05. The first kappa shape index (κ1) is 15.1. The van der Waals surface area contributed by atoms with E-state index in [4.69, 9.17) is 11.6 Å². The minimum Gasteiger partial charge on any atom is -0.317 e. The Morgan fingerprint density at radius 1 is 1.04 bits per heavy atom. The van der Waals surface area contributed by atoms with Crippen LogP contribution in [0.2, 0.25) is 5.02 Å². The lowest BCUT2D eigenvalue weighted by molar-refractivity contribution is 1.06. The highest BCUT2D eigenvalue weighted by atomic mass is 35.5. The molecule has 0 radical (unpaired) electrons. The number of halogens is 1. The van der Waals surface area contributed by atoms with Crippen molar-refractivity contribution in [2.75, 3.05) is 0 Å². The summed E-state index contributed by atoms with van der Waals surface area (Å²) >= 11 is 5.91. The average Bonchev–Trinajstić information content (AvgIpc) is 3.02. The van der Waals surface area contributed by atoms with Gasteiger partial charge in [0, 0.05) is 22.6 Å². The van der Waals surface area contributed by atoms with Crippen LogP contribution in [0.1, 0.15) is 16.8 Å². The molecular weight excluding hydrogens is 304 g/mol. The molecule has 0 unspecified atom stereocenters. The van der Waals surface area contributed by atoms with E-state index in [1.165, 1.54) is 5.56 Å². The van der Waals surface area contributed by atoms with Gasteiger partial charge in [0.2, 0.25) is 0 Å². The molecule has 0 spiro atoms. The Bertz CT molecular complexity index is 879. The zero-order valence-corrected chi connectivity index (χ0v) is 13.5. The summed E-state index contributed by atoms with van der Waals surface area (Å²) in [4.78, 5) is 0. The number of aromatic nitrogens is 1. The Labute approximate surface area is 140 Å². The standard InChI is InChI=1S/C20H15ClN2/c1-15-4-10-19(11-5-15)23-12-2-3-20(23)13-17(14-22)16-6-8-18(21)9-7-16/h2-13H,1H3/b17-13-. The Hall–Kier alpha value is -2.76. The number of benzene rings is 2. The summed E-state index contributed by atoms with van der Waals surface area (Å²) in [5, 5.41) is 10.1. The number of nitrogens with zero attached hydrogens (tertiary/aromatic N) is 2. The van der Waals surface area contributed by atoms with E-state index in [1.807, 2.05) is 36.5 Å². The van der Waals surface area contributed by atoms with Crippen LogP contribution >= 0.6 is 11.6 Å². The summed E-state index contributed by atoms with van der Waals surface area (Å²) in [5.74, 6) is 0. The van der Waals surface area contributed by atoms with Crippen LogP contribution < -0.4 is 0 Å². The maximum Gasteiger partial charge on any atom is 0.0998 e. The predicted molar refractivity (Wildman–Crippen MR) is 95.4 cm³/mol. The molecule has 0 atom stereocenters. The van der Waals surface area contributed by atoms with Gasteiger partial charge in [-0.1, -0.05) is 41.4 Å². The van der Waals surface area contributed by atoms with Gasteiger partial charge in [0.05, 0.1) is 11.6 Å². The fourth-order valence-corrected chi connectivity index (χ4v) is 2.54. The van der Waals surface area contributed by atoms with Crippen LogP contribution in [-0.2, 0) is 0 Å². The molecule has 0 saturated carbocycles. The predicted octanol–water partition coefficient (Wildman–Crippen LogP) is 5.50. The van der Waals surface area contributed by atoms with Crippen molar-refractivity contribution in [1.82, 2.24) is 4.57 Å². The molecule has 1 aromatic heterocycles. The van der Waals surface area contributed by atoms with Crippen molar-refractivity contribution in [3.05, 3.63) is 88.7 Å². The minimum absolute atomic E-state index is 0.605. The normalized spacial score (nSPS) is 11.3. The molecule has 1 heterocycles. The van der Waals surface area contributed by atoms with Crippen molar-refractivity contribution in [2.24, 2.45) is 0 Å². The molecule has 0 saturated heterocycles. The molecule has 23 heavy (non-hydrogen) atoms. The molecular formula is C20H15ClN2. The second-order valence-corrected chi connectivity index (χ2v) is 5.75. The second kappa shape index (κ2) is 6.56. The van der Waals surface area contributed by atoms with Crippen molar-refractivity contribution in [2.45, 2.75) is 6.92 Å². The minimum atomic E-state index is 0.605. The van der Waals surface area contributed by atoms with Crippen LogP contribution in [0.15, 0.2) is 66.9 Å². The van der Waals surface area contributed by atoms with Gasteiger partial charge in [-0.05, 0) is 55.0 Å². The van der Waals surface area contributed by atoms with Crippen molar-refractivity contribution in [3.8, 4) is 11.8 Å². The Kier molecular flexibility index (Phi) is 4.32. The fraction of sp³-hybridized carbons (Fsp3) is 0.0500. The van der Waals surface area contributed by atoms with E-state index in [2.05, 4.69) is 41.8 Å². The summed E-state index contributed by atoms with van der Waals surface area (Å²) in [6.07, 6.45) is 3.89. The van der Waals surface area contributed by atoms with E-state index in [1.54, 1.807) is 12.1 Å². The third kappa shape index (κ3) is 3.36. The quantitative estimate of drug-likeness (QED) is 0.586. The van der Waals surface area contributed by atoms with E-state index >= 15 is 0 Å². The molecule has 0 aliphatic heterocycles. The first-order valence-corrected chi connectivity index (χ1v) is 7.67. The molecule has 3 heteroatoms. The lowest BCUT2D eigenvalue weighted by Gasteiger charge is -2.08. The SMILES string of the molecule is Cc1ccc(-n2cccc2/C=C(/C#N)c2ccc(Cl)cc2)cc1. The van der Waals surface area contributed by atoms with Gasteiger partial charge in [-0.25, -0.2) is 0 Å². The third-order valence-electron chi connectivity index (χ3n) is 3.66. The van der Waals surface area contributed by atoms with Crippen molar-refractivity contribution in [3.63, 3.8) is 0 Å². The van der Waals surface area contributed by atoms with Crippen LogP contribution in [0.3, 0.4) is 0 Å². The van der Waals surface area contributed by atoms with Gasteiger partial charge in [-0.2, -0.15) is 5.26 Å². The topological polar surface area (TPSA) is 28.7 Å². The number of hydrogen-bond acceptors (Lipinski definition) is 1. The van der Waals surface area contributed by atoms with Gasteiger partial charge in [0.25, 0.3) is 0 Å². The molecule has 2 nitrogen and oxygen atoms in total. The molecule has 0 amide bonds. The first-order chi connectivity index (χ1) is 11.2. The largest absolute Gasteiger partial charge is 0.317 e. The van der Waals surface area contributed by atoms with Crippen molar-refractivity contribution >= 4 is 23.3 Å². The Morgan fingerprint density at radius 2 is 1.74 bits per heavy atom. The molecule has 0 aliphatic carbocycles. The van der Waals surface area contributed by atoms with Crippen molar-refractivity contribution in [1.29, 1.82) is 5.26 Å². The van der Waals surface area contributed by atoms with Gasteiger partial charge in [0.15, 0.2) is 0 Å². The maximum atomic E-state index is 9.48. The molecule has 0 aliphatic rings. The van der Waals surface area contributed by atoms with E-state index in [0.29, 0.717) is 10.6 Å². The number of hydrogen-bond donors (Lipinski definition) is 0. The fourth-order valence-electron chi connectivity index (χ4n) is 2.41. The summed E-state index contributed by atoms with van der Waals surface area (Å²) in [6.45, 7) is 2.06. The number of aryl methyl sites for hydroxylation is 1. The van der Waals surface area contributed by atoms with Gasteiger partial charge < -0.3 is 4.57 Å². The van der Waals surface area contributed by atoms with Gasteiger partial charge >= 0.3 is 0 Å². The van der Waals surface area contributed by atoms with E-state index < -0.39 is 0 Å². The molecule has 3 rings (SSSR count). The summed E-state index contributed by atoms with van der Waals surface area (Å²) < 4.78 is 2.06. The molecule has 3 aromatic rings. The van der Waals surface area contributed by atoms with Gasteiger partial charge in [-0.3, -0.25) is 0 Å². The maximum absolute atomic E-state index is 9.48. The molecule has 2 aromatic carbocycles. The summed E-state index contributed by atoms with van der Waals surface area (Å²) in [7, 11) is 0. The van der Waals surface area contributed by atoms with E-state index in [9.17, 15) is 5.26 Å². The second-order valence-electron chi connectivity index (χ2n) is 5.32. The van der Waals surface area contributed by atoms with Gasteiger partial charge in [-0.15, -0.1) is 0 Å². The smallest absolute Gasteiger partial charge is 0.0998 e. The van der Waals surface area contributed by atoms with Crippen LogP contribution in [-0.4, -0.2) is 4.57 Å². The van der Waals surface area contributed by atoms with Gasteiger partial charge in [0.1, 0.15) is 0 Å². The lowest BCUT2D eigenvalue weighted by Crippen LogP contribution is -1.95. The lowest BCUT2D eigenvalue weighted by atomic mass is 10.1. The number of allylic oxidation sites excluding steroid dienone is 1. The zero-order valence-electron chi connectivity index (χ0n) is 12.7. The first-order valence-electron chi connectivity index (χ1n) is 7.29. The molecule has 0 fully saturated rings. The highest BCUT2D eigenvalue weighted by molar-refractivity contribution is 6.30. The van der Waals surface area contributed by atoms with Crippen LogP contribution in [0.5, 0.6) is 0 Å². The monoisotopic (exact) mass is 318 g/mol. The third-order valence-corrected chi connectivity index (χ3v) is 3.91. The van der Waals surface area contributed by atoms with Crippen LogP contribution in [0.25, 0.3) is 17.3 Å². The molecule has 0 N–H and O–H groups in total. The average molecular weight is 319 g/mol. The van der Waals surface area contributed by atoms with Crippen LogP contribution in [0, 0.1) is 18.3 Å². The zero-order chi connectivity index (χ0) is 16.2. The number of rotatable bonds is 3. The molecule has 112 valence electrons. The van der Waals surface area contributed by atoms with Crippen molar-refractivity contribution < 1.29 is 0 Å². The number of nitriles is 1. The summed E-state index contributed by atoms with van der Waals surface area (Å²) in [6, 6.07) is 21.8. The highest BCUT2D eigenvalue weighted by Crippen LogP contribution is 2.22. The van der Waals surface area contributed by atoms with Crippen LogP contribution in [0.4, 0.5) is 0 Å². The Morgan fingerprint density at radius 3 is 2.39 bits per heavy atom. The Balaban J connectivity index is 2.02.